The van der Waals surface area contributed by atoms with Crippen molar-refractivity contribution in [1.82, 2.24) is 5.48 Å². The Bertz CT molecular complexity index is 763. The summed E-state index contributed by atoms with van der Waals surface area (Å²) < 4.78 is 10.9. The molecular weight excluding hydrogens is 350 g/mol. The Balaban J connectivity index is 2.12. The molecule has 0 radical (unpaired) electrons. The van der Waals surface area contributed by atoms with Crippen molar-refractivity contribution in [3.63, 3.8) is 0 Å². The van der Waals surface area contributed by atoms with Gasteiger partial charge in [-0.2, -0.15) is 0 Å². The molecule has 1 unspecified atom stereocenters. The predicted octanol–water partition coefficient (Wildman–Crippen LogP) is 3.83. The molecule has 0 aliphatic heterocycles. The smallest absolute Gasteiger partial charge is 0.261 e. The van der Waals surface area contributed by atoms with Crippen molar-refractivity contribution in [2.45, 2.75) is 24.0 Å². The molecule has 0 bridgehead atoms. The lowest BCUT2D eigenvalue weighted by molar-refractivity contribution is -0.128. The Labute approximate surface area is 157 Å². The van der Waals surface area contributed by atoms with E-state index in [-0.39, 0.29) is 0 Å². The standard InChI is InChI=1S/C20H21NO4S/c1-3-5-14-25-17-10-12-18(13-11-17)26-19(20(22)21-23)15-6-8-16(9-7-15)24-4-2/h6-13,19,23H,4,14H2,1-2H3,(H,21,22). The molecule has 2 rings (SSSR count). The first-order chi connectivity index (χ1) is 12.7. The number of thioether (sulfide) groups is 1. The van der Waals surface area contributed by atoms with Crippen LogP contribution in [0.3, 0.4) is 0 Å². The van der Waals surface area contributed by atoms with Gasteiger partial charge in [-0.25, -0.2) is 5.48 Å². The lowest BCUT2D eigenvalue weighted by Gasteiger charge is -2.16. The van der Waals surface area contributed by atoms with Crippen molar-refractivity contribution in [3.05, 3.63) is 54.1 Å². The van der Waals surface area contributed by atoms with E-state index in [1.54, 1.807) is 12.4 Å². The molecular formula is C20H21NO4S. The van der Waals surface area contributed by atoms with Crippen molar-refractivity contribution < 1.29 is 19.5 Å². The molecule has 0 saturated carbocycles. The third kappa shape index (κ3) is 5.73. The van der Waals surface area contributed by atoms with Crippen LogP contribution in [0.2, 0.25) is 0 Å². The average molecular weight is 371 g/mol. The van der Waals surface area contributed by atoms with Gasteiger partial charge in [0, 0.05) is 4.90 Å². The molecule has 0 aromatic heterocycles. The van der Waals surface area contributed by atoms with Crippen LogP contribution in [0.4, 0.5) is 0 Å². The molecule has 0 fully saturated rings. The van der Waals surface area contributed by atoms with Gasteiger partial charge in [-0.15, -0.1) is 17.7 Å². The van der Waals surface area contributed by atoms with E-state index in [0.29, 0.717) is 19.0 Å². The molecule has 5 nitrogen and oxygen atoms in total. The van der Waals surface area contributed by atoms with Gasteiger partial charge in [0.25, 0.3) is 5.91 Å². The van der Waals surface area contributed by atoms with Gasteiger partial charge in [0.1, 0.15) is 23.4 Å². The van der Waals surface area contributed by atoms with E-state index in [1.165, 1.54) is 11.8 Å². The number of ether oxygens (including phenoxy) is 2. The SMILES string of the molecule is CC#CCOc1ccc(SC(C(=O)NO)c2ccc(OCC)cc2)cc1. The van der Waals surface area contributed by atoms with Crippen LogP contribution in [0.5, 0.6) is 11.5 Å². The molecule has 136 valence electrons. The van der Waals surface area contributed by atoms with E-state index < -0.39 is 11.2 Å². The maximum atomic E-state index is 12.1. The van der Waals surface area contributed by atoms with Crippen LogP contribution < -0.4 is 15.0 Å². The Morgan fingerprint density at radius 3 is 2.31 bits per heavy atom. The quantitative estimate of drug-likeness (QED) is 0.319. The van der Waals surface area contributed by atoms with Crippen LogP contribution in [0.1, 0.15) is 24.7 Å². The van der Waals surface area contributed by atoms with Crippen LogP contribution in [-0.4, -0.2) is 24.3 Å². The first-order valence-corrected chi connectivity index (χ1v) is 9.01. The summed E-state index contributed by atoms with van der Waals surface area (Å²) in [6.07, 6.45) is 0. The van der Waals surface area contributed by atoms with Gasteiger partial charge in [-0.05, 0) is 55.8 Å². The van der Waals surface area contributed by atoms with Crippen molar-refractivity contribution >= 4 is 17.7 Å². The highest BCUT2D eigenvalue weighted by atomic mass is 32.2. The summed E-state index contributed by atoms with van der Waals surface area (Å²) in [4.78, 5) is 13.0. The first kappa shape index (κ1) is 19.7. The van der Waals surface area contributed by atoms with Crippen LogP contribution in [0, 0.1) is 11.8 Å². The van der Waals surface area contributed by atoms with Gasteiger partial charge in [0.2, 0.25) is 0 Å². The molecule has 2 aromatic carbocycles. The van der Waals surface area contributed by atoms with Gasteiger partial charge < -0.3 is 9.47 Å². The molecule has 2 aromatic rings. The number of carbonyl (C=O) groups excluding carboxylic acids is 1. The number of amides is 1. The van der Waals surface area contributed by atoms with E-state index in [4.69, 9.17) is 14.7 Å². The lowest BCUT2D eigenvalue weighted by atomic mass is 10.1. The van der Waals surface area contributed by atoms with Crippen molar-refractivity contribution in [1.29, 1.82) is 0 Å². The maximum Gasteiger partial charge on any atom is 0.261 e. The molecule has 1 atom stereocenters. The topological polar surface area (TPSA) is 67.8 Å². The second-order valence-electron chi connectivity index (χ2n) is 5.16. The molecule has 26 heavy (non-hydrogen) atoms. The van der Waals surface area contributed by atoms with Crippen molar-refractivity contribution in [3.8, 4) is 23.3 Å². The molecule has 0 spiro atoms. The third-order valence-electron chi connectivity index (χ3n) is 3.41. The zero-order valence-corrected chi connectivity index (χ0v) is 15.5. The number of benzene rings is 2. The van der Waals surface area contributed by atoms with E-state index in [1.807, 2.05) is 55.5 Å². The summed E-state index contributed by atoms with van der Waals surface area (Å²) in [5, 5.41) is 8.49. The van der Waals surface area contributed by atoms with Crippen LogP contribution in [-0.2, 0) is 4.79 Å². The second-order valence-corrected chi connectivity index (χ2v) is 6.34. The summed E-state index contributed by atoms with van der Waals surface area (Å²) in [5.74, 6) is 6.56. The van der Waals surface area contributed by atoms with Crippen LogP contribution in [0.15, 0.2) is 53.4 Å². The number of hydrogen-bond acceptors (Lipinski definition) is 5. The number of hydroxylamine groups is 1. The van der Waals surface area contributed by atoms with E-state index in [9.17, 15) is 4.79 Å². The summed E-state index contributed by atoms with van der Waals surface area (Å²) in [6.45, 7) is 4.59. The monoisotopic (exact) mass is 371 g/mol. The fraction of sp³-hybridized carbons (Fsp3) is 0.250. The molecule has 6 heteroatoms. The highest BCUT2D eigenvalue weighted by Crippen LogP contribution is 2.36. The van der Waals surface area contributed by atoms with E-state index >= 15 is 0 Å². The zero-order chi connectivity index (χ0) is 18.8. The van der Waals surface area contributed by atoms with Crippen LogP contribution in [0.25, 0.3) is 0 Å². The molecule has 0 saturated heterocycles. The van der Waals surface area contributed by atoms with Crippen LogP contribution >= 0.6 is 11.8 Å². The minimum atomic E-state index is -0.589. The fourth-order valence-electron chi connectivity index (χ4n) is 2.18. The maximum absolute atomic E-state index is 12.1. The fourth-order valence-corrected chi connectivity index (χ4v) is 3.20. The van der Waals surface area contributed by atoms with E-state index in [2.05, 4.69) is 11.8 Å². The summed E-state index contributed by atoms with van der Waals surface area (Å²) >= 11 is 1.33. The first-order valence-electron chi connectivity index (χ1n) is 8.13. The summed E-state index contributed by atoms with van der Waals surface area (Å²) in [5.41, 5.74) is 2.51. The van der Waals surface area contributed by atoms with Gasteiger partial charge in [-0.3, -0.25) is 10.0 Å². The normalized spacial score (nSPS) is 11.0. The molecule has 1 amide bonds. The largest absolute Gasteiger partial charge is 0.494 e. The number of carbonyl (C=O) groups is 1. The Hall–Kier alpha value is -2.62. The van der Waals surface area contributed by atoms with Gasteiger partial charge in [-0.1, -0.05) is 18.1 Å². The van der Waals surface area contributed by atoms with Gasteiger partial charge in [0.05, 0.1) is 6.61 Å². The van der Waals surface area contributed by atoms with Crippen molar-refractivity contribution in [2.24, 2.45) is 0 Å². The molecule has 0 aliphatic rings. The predicted molar refractivity (Wildman–Crippen MR) is 102 cm³/mol. The third-order valence-corrected chi connectivity index (χ3v) is 4.67. The zero-order valence-electron chi connectivity index (χ0n) is 14.7. The summed E-state index contributed by atoms with van der Waals surface area (Å²) in [7, 11) is 0. The summed E-state index contributed by atoms with van der Waals surface area (Å²) in [6, 6.07) is 14.6. The lowest BCUT2D eigenvalue weighted by Crippen LogP contribution is -2.24. The number of nitrogens with one attached hydrogen (secondary N) is 1. The number of hydrogen-bond donors (Lipinski definition) is 2. The Morgan fingerprint density at radius 1 is 1.12 bits per heavy atom. The Kier molecular flexibility index (Phi) is 7.87. The second kappa shape index (κ2) is 10.4. The van der Waals surface area contributed by atoms with Crippen molar-refractivity contribution in [2.75, 3.05) is 13.2 Å². The average Bonchev–Trinajstić information content (AvgIpc) is 2.68. The highest BCUT2D eigenvalue weighted by Gasteiger charge is 2.22. The molecule has 2 N–H and O–H groups in total. The Morgan fingerprint density at radius 2 is 1.73 bits per heavy atom. The van der Waals surface area contributed by atoms with Gasteiger partial charge >= 0.3 is 0 Å². The minimum absolute atomic E-state index is 0.338. The van der Waals surface area contributed by atoms with Gasteiger partial charge in [0.15, 0.2) is 0 Å². The molecule has 0 aliphatic carbocycles. The highest BCUT2D eigenvalue weighted by molar-refractivity contribution is 8.00. The van der Waals surface area contributed by atoms with E-state index in [0.717, 1.165) is 16.2 Å². The number of rotatable bonds is 8. The minimum Gasteiger partial charge on any atom is -0.494 e. The molecule has 0 heterocycles.